The van der Waals surface area contributed by atoms with Gasteiger partial charge in [-0.3, -0.25) is 14.4 Å². The molecule has 0 aromatic carbocycles. The Morgan fingerprint density at radius 2 is 0.840 bits per heavy atom. The molecule has 1 atom stereocenters. The molecular formula is C42H83N3O5. The first-order valence-corrected chi connectivity index (χ1v) is 21.5. The average molecular weight is 710 g/mol. The molecule has 0 aliphatic rings. The zero-order chi connectivity index (χ0) is 36.6. The molecule has 0 spiro atoms. The predicted octanol–water partition coefficient (Wildman–Crippen LogP) is 10.1. The molecule has 0 aliphatic carbocycles. The monoisotopic (exact) mass is 710 g/mol. The number of nitrogens with one attached hydrogen (secondary N) is 3. The van der Waals surface area contributed by atoms with Crippen molar-refractivity contribution in [3.8, 4) is 0 Å². The number of amides is 3. The summed E-state index contributed by atoms with van der Waals surface area (Å²) in [6.45, 7) is 6.28. The van der Waals surface area contributed by atoms with E-state index in [0.717, 1.165) is 38.5 Å². The van der Waals surface area contributed by atoms with Crippen LogP contribution in [0.3, 0.4) is 0 Å². The third-order valence-corrected chi connectivity index (χ3v) is 9.65. The van der Waals surface area contributed by atoms with E-state index in [1.807, 2.05) is 0 Å². The van der Waals surface area contributed by atoms with Gasteiger partial charge in [0.05, 0.1) is 19.8 Å². The van der Waals surface area contributed by atoms with E-state index in [-0.39, 0.29) is 24.3 Å². The van der Waals surface area contributed by atoms with Crippen LogP contribution >= 0.6 is 0 Å². The quantitative estimate of drug-likeness (QED) is 0.0549. The van der Waals surface area contributed by atoms with Gasteiger partial charge in [-0.1, -0.05) is 181 Å². The van der Waals surface area contributed by atoms with Crippen LogP contribution in [-0.2, 0) is 23.9 Å². The molecule has 296 valence electrons. The predicted molar refractivity (Wildman–Crippen MR) is 211 cm³/mol. The van der Waals surface area contributed by atoms with E-state index in [1.54, 1.807) is 7.11 Å². The normalized spacial score (nSPS) is 11.8. The second-order valence-corrected chi connectivity index (χ2v) is 14.5. The lowest BCUT2D eigenvalue weighted by Gasteiger charge is -2.19. The van der Waals surface area contributed by atoms with Gasteiger partial charge in [-0.15, -0.1) is 0 Å². The number of ether oxygens (including phenoxy) is 2. The molecule has 0 radical (unpaired) electrons. The lowest BCUT2D eigenvalue weighted by Crippen LogP contribution is -2.53. The summed E-state index contributed by atoms with van der Waals surface area (Å²) in [4.78, 5) is 38.2. The molecule has 0 fully saturated rings. The topological polar surface area (TPSA) is 106 Å². The minimum atomic E-state index is -0.798. The molecule has 3 amide bonds. The van der Waals surface area contributed by atoms with Gasteiger partial charge in [-0.2, -0.15) is 0 Å². The standard InChI is InChI=1S/C42H83N3O5/c1-4-6-8-10-12-14-16-18-19-21-23-25-27-29-31-33-41(47)45-39(42(48)43-34-35-50-37-36-49-3)38-44-40(46)32-30-28-26-24-22-20-17-15-13-11-9-7-5-2/h39H,4-38H2,1-3H3,(H,43,48)(H,44,46)(H,45,47). The van der Waals surface area contributed by atoms with E-state index in [1.165, 1.54) is 141 Å². The van der Waals surface area contributed by atoms with Crippen molar-refractivity contribution < 1.29 is 23.9 Å². The van der Waals surface area contributed by atoms with Crippen LogP contribution in [-0.4, -0.2) is 63.8 Å². The van der Waals surface area contributed by atoms with E-state index < -0.39 is 6.04 Å². The average Bonchev–Trinajstić information content (AvgIpc) is 3.11. The third kappa shape index (κ3) is 36.1. The van der Waals surface area contributed by atoms with E-state index >= 15 is 0 Å². The highest BCUT2D eigenvalue weighted by molar-refractivity contribution is 5.88. The maximum absolute atomic E-state index is 12.9. The lowest BCUT2D eigenvalue weighted by atomic mass is 10.0. The second-order valence-electron chi connectivity index (χ2n) is 14.5. The van der Waals surface area contributed by atoms with E-state index in [2.05, 4.69) is 29.8 Å². The summed E-state index contributed by atoms with van der Waals surface area (Å²) in [5.74, 6) is -0.501. The van der Waals surface area contributed by atoms with E-state index in [0.29, 0.717) is 39.2 Å². The number of carbonyl (C=O) groups is 3. The highest BCUT2D eigenvalue weighted by Gasteiger charge is 2.21. The van der Waals surface area contributed by atoms with Gasteiger partial charge in [-0.05, 0) is 12.8 Å². The van der Waals surface area contributed by atoms with Crippen LogP contribution in [0.4, 0.5) is 0 Å². The Labute approximate surface area is 309 Å². The van der Waals surface area contributed by atoms with Crippen molar-refractivity contribution in [1.29, 1.82) is 0 Å². The van der Waals surface area contributed by atoms with Crippen LogP contribution < -0.4 is 16.0 Å². The Kier molecular flexibility index (Phi) is 38.8. The fourth-order valence-electron chi connectivity index (χ4n) is 6.35. The zero-order valence-corrected chi connectivity index (χ0v) is 33.4. The highest BCUT2D eigenvalue weighted by Crippen LogP contribution is 2.15. The van der Waals surface area contributed by atoms with Crippen molar-refractivity contribution in [3.63, 3.8) is 0 Å². The van der Waals surface area contributed by atoms with Crippen LogP contribution in [0.15, 0.2) is 0 Å². The number of methoxy groups -OCH3 is 1. The maximum atomic E-state index is 12.9. The van der Waals surface area contributed by atoms with Crippen molar-refractivity contribution in [2.75, 3.05) is 40.0 Å². The van der Waals surface area contributed by atoms with Gasteiger partial charge in [0.25, 0.3) is 0 Å². The van der Waals surface area contributed by atoms with E-state index in [9.17, 15) is 14.4 Å². The fourth-order valence-corrected chi connectivity index (χ4v) is 6.35. The van der Waals surface area contributed by atoms with E-state index in [4.69, 9.17) is 9.47 Å². The second kappa shape index (κ2) is 40.1. The molecule has 0 aliphatic heterocycles. The Morgan fingerprint density at radius 1 is 0.460 bits per heavy atom. The minimum Gasteiger partial charge on any atom is -0.382 e. The van der Waals surface area contributed by atoms with Crippen molar-refractivity contribution in [3.05, 3.63) is 0 Å². The van der Waals surface area contributed by atoms with Crippen LogP contribution in [0.2, 0.25) is 0 Å². The molecule has 0 aromatic rings. The first-order valence-electron chi connectivity index (χ1n) is 21.5. The van der Waals surface area contributed by atoms with Crippen molar-refractivity contribution in [2.24, 2.45) is 0 Å². The zero-order valence-electron chi connectivity index (χ0n) is 33.4. The Hall–Kier alpha value is -1.67. The highest BCUT2D eigenvalue weighted by atomic mass is 16.5. The van der Waals surface area contributed by atoms with Crippen molar-refractivity contribution in [2.45, 2.75) is 213 Å². The minimum absolute atomic E-state index is 0.0644. The molecule has 0 bridgehead atoms. The van der Waals surface area contributed by atoms with Gasteiger partial charge in [0.2, 0.25) is 17.7 Å². The van der Waals surface area contributed by atoms with Crippen LogP contribution in [0.5, 0.6) is 0 Å². The molecular weight excluding hydrogens is 626 g/mol. The van der Waals surface area contributed by atoms with Crippen molar-refractivity contribution in [1.82, 2.24) is 16.0 Å². The number of rotatable bonds is 40. The maximum Gasteiger partial charge on any atom is 0.244 e. The van der Waals surface area contributed by atoms with Gasteiger partial charge in [0.15, 0.2) is 0 Å². The molecule has 0 heterocycles. The summed E-state index contributed by atoms with van der Waals surface area (Å²) in [5.41, 5.74) is 0. The summed E-state index contributed by atoms with van der Waals surface area (Å²) in [6, 6.07) is -0.798. The molecule has 1 unspecified atom stereocenters. The van der Waals surface area contributed by atoms with Crippen molar-refractivity contribution >= 4 is 17.7 Å². The van der Waals surface area contributed by atoms with Gasteiger partial charge in [0, 0.05) is 33.0 Å². The molecule has 0 saturated carbocycles. The Bertz CT molecular complexity index is 751. The summed E-state index contributed by atoms with van der Waals surface area (Å²) < 4.78 is 10.4. The molecule has 8 nitrogen and oxygen atoms in total. The first-order chi connectivity index (χ1) is 24.5. The fraction of sp³-hybridized carbons (Fsp3) is 0.929. The number of hydrogen-bond donors (Lipinski definition) is 3. The van der Waals surface area contributed by atoms with Gasteiger partial charge >= 0.3 is 0 Å². The van der Waals surface area contributed by atoms with Gasteiger partial charge < -0.3 is 25.4 Å². The third-order valence-electron chi connectivity index (χ3n) is 9.65. The summed E-state index contributed by atoms with van der Waals surface area (Å²) in [7, 11) is 1.62. The molecule has 0 saturated heterocycles. The Morgan fingerprint density at radius 3 is 1.24 bits per heavy atom. The molecule has 0 aromatic heterocycles. The SMILES string of the molecule is CCCCCCCCCCCCCCCCCC(=O)NC(CNC(=O)CCCCCCCCCCCCCCC)C(=O)NCCOCCOC. The Balaban J connectivity index is 4.16. The largest absolute Gasteiger partial charge is 0.382 e. The number of hydrogen-bond acceptors (Lipinski definition) is 5. The molecule has 0 rings (SSSR count). The van der Waals surface area contributed by atoms with Crippen LogP contribution in [0.1, 0.15) is 206 Å². The number of carbonyl (C=O) groups excluding carboxylic acids is 3. The lowest BCUT2D eigenvalue weighted by molar-refractivity contribution is -0.129. The summed E-state index contributed by atoms with van der Waals surface area (Å²) in [5, 5.41) is 8.60. The molecule has 3 N–H and O–H groups in total. The first kappa shape index (κ1) is 48.3. The summed E-state index contributed by atoms with van der Waals surface area (Å²) in [6.07, 6.45) is 36.5. The molecule has 50 heavy (non-hydrogen) atoms. The van der Waals surface area contributed by atoms with Gasteiger partial charge in [-0.25, -0.2) is 0 Å². The van der Waals surface area contributed by atoms with Crippen LogP contribution in [0.25, 0.3) is 0 Å². The van der Waals surface area contributed by atoms with Gasteiger partial charge in [0.1, 0.15) is 6.04 Å². The smallest absolute Gasteiger partial charge is 0.244 e. The van der Waals surface area contributed by atoms with Crippen LogP contribution in [0, 0.1) is 0 Å². The number of unbranched alkanes of at least 4 members (excludes halogenated alkanes) is 26. The molecule has 8 heteroatoms. The summed E-state index contributed by atoms with van der Waals surface area (Å²) >= 11 is 0.